The summed E-state index contributed by atoms with van der Waals surface area (Å²) in [6, 6.07) is 6.16. The topological polar surface area (TPSA) is 56.7 Å². The first-order chi connectivity index (χ1) is 9.90. The summed E-state index contributed by atoms with van der Waals surface area (Å²) in [4.78, 5) is 4.42. The highest BCUT2D eigenvalue weighted by molar-refractivity contribution is 5.95. The molecule has 2 rings (SSSR count). The highest BCUT2D eigenvalue weighted by Gasteiger charge is 2.23. The lowest BCUT2D eigenvalue weighted by molar-refractivity contribution is 0.476. The molecule has 0 saturated heterocycles. The second-order valence-electron chi connectivity index (χ2n) is 6.50. The van der Waals surface area contributed by atoms with Gasteiger partial charge >= 0.3 is 0 Å². The normalized spacial score (nSPS) is 15.7. The molecule has 21 heavy (non-hydrogen) atoms. The van der Waals surface area contributed by atoms with E-state index in [0.717, 1.165) is 5.56 Å². The second kappa shape index (κ2) is 6.20. The molecular weight excluding hydrogens is 262 g/mol. The molecule has 1 aliphatic rings. The summed E-state index contributed by atoms with van der Waals surface area (Å²) in [6.07, 6.45) is 4.09. The van der Waals surface area contributed by atoms with E-state index in [0.29, 0.717) is 24.2 Å². The van der Waals surface area contributed by atoms with E-state index in [1.807, 2.05) is 12.1 Å². The number of hydrogen-bond donors (Lipinski definition) is 3. The van der Waals surface area contributed by atoms with Gasteiger partial charge in [-0.05, 0) is 36.0 Å². The van der Waals surface area contributed by atoms with E-state index in [4.69, 9.17) is 0 Å². The Kier molecular flexibility index (Phi) is 4.56. The Labute approximate surface area is 127 Å². The molecule has 0 radical (unpaired) electrons. The molecular formula is C17H25N3O. The van der Waals surface area contributed by atoms with Crippen molar-refractivity contribution >= 4 is 11.6 Å². The van der Waals surface area contributed by atoms with Gasteiger partial charge < -0.3 is 15.7 Å². The van der Waals surface area contributed by atoms with Gasteiger partial charge in [0, 0.05) is 6.04 Å². The zero-order valence-corrected chi connectivity index (χ0v) is 13.1. The number of rotatable bonds is 4. The molecule has 0 bridgehead atoms. The Bertz CT molecular complexity index is 539. The van der Waals surface area contributed by atoms with E-state index in [2.05, 4.69) is 43.0 Å². The van der Waals surface area contributed by atoms with Gasteiger partial charge in [0.2, 0.25) is 0 Å². The first-order valence-corrected chi connectivity index (χ1v) is 7.42. The lowest BCUT2D eigenvalue weighted by Gasteiger charge is -2.21. The molecule has 0 aliphatic heterocycles. The van der Waals surface area contributed by atoms with E-state index in [9.17, 15) is 5.11 Å². The third-order valence-electron chi connectivity index (χ3n) is 3.41. The fraction of sp³-hybridized carbons (Fsp3) is 0.471. The summed E-state index contributed by atoms with van der Waals surface area (Å²) in [5, 5.41) is 16.6. The SMILES string of the molecule is C=CCN=C(Nc1cc(C(C)(C)C)ccc1O)NC1CC1. The number of nitrogens with zero attached hydrogens (tertiary/aromatic N) is 1. The molecule has 4 nitrogen and oxygen atoms in total. The van der Waals surface area contributed by atoms with Crippen LogP contribution in [0, 0.1) is 0 Å². The van der Waals surface area contributed by atoms with E-state index in [-0.39, 0.29) is 11.2 Å². The van der Waals surface area contributed by atoms with Gasteiger partial charge in [-0.15, -0.1) is 6.58 Å². The first-order valence-electron chi connectivity index (χ1n) is 7.42. The molecule has 1 aromatic carbocycles. The Balaban J connectivity index is 2.20. The van der Waals surface area contributed by atoms with Gasteiger partial charge in [0.1, 0.15) is 5.75 Å². The van der Waals surface area contributed by atoms with Gasteiger partial charge in [0.25, 0.3) is 0 Å². The minimum Gasteiger partial charge on any atom is -0.506 e. The lowest BCUT2D eigenvalue weighted by atomic mass is 9.87. The van der Waals surface area contributed by atoms with Crippen LogP contribution in [0.15, 0.2) is 35.8 Å². The fourth-order valence-corrected chi connectivity index (χ4v) is 1.93. The van der Waals surface area contributed by atoms with Crippen LogP contribution >= 0.6 is 0 Å². The van der Waals surface area contributed by atoms with Crippen LogP contribution in [0.4, 0.5) is 5.69 Å². The summed E-state index contributed by atoms with van der Waals surface area (Å²) in [6.45, 7) is 10.7. The summed E-state index contributed by atoms with van der Waals surface area (Å²) in [7, 11) is 0. The minimum absolute atomic E-state index is 0.0342. The monoisotopic (exact) mass is 287 g/mol. The third-order valence-corrected chi connectivity index (χ3v) is 3.41. The van der Waals surface area contributed by atoms with Gasteiger partial charge in [-0.25, -0.2) is 4.99 Å². The lowest BCUT2D eigenvalue weighted by Crippen LogP contribution is -2.32. The summed E-state index contributed by atoms with van der Waals surface area (Å²) >= 11 is 0. The molecule has 0 heterocycles. The molecule has 0 amide bonds. The van der Waals surface area contributed by atoms with Crippen molar-refractivity contribution in [2.45, 2.75) is 45.1 Å². The van der Waals surface area contributed by atoms with Crippen molar-refractivity contribution in [3.63, 3.8) is 0 Å². The highest BCUT2D eigenvalue weighted by atomic mass is 16.3. The number of aromatic hydroxyl groups is 1. The van der Waals surface area contributed by atoms with E-state index in [1.165, 1.54) is 12.8 Å². The number of nitrogens with one attached hydrogen (secondary N) is 2. The molecule has 1 fully saturated rings. The van der Waals surface area contributed by atoms with Crippen LogP contribution in [0.25, 0.3) is 0 Å². The average Bonchev–Trinajstić information content (AvgIpc) is 3.21. The van der Waals surface area contributed by atoms with Crippen LogP contribution in [0.1, 0.15) is 39.2 Å². The molecule has 1 saturated carbocycles. The molecule has 0 aromatic heterocycles. The maximum Gasteiger partial charge on any atom is 0.196 e. The molecule has 1 aliphatic carbocycles. The molecule has 114 valence electrons. The first kappa shape index (κ1) is 15.4. The zero-order chi connectivity index (χ0) is 15.5. The summed E-state index contributed by atoms with van der Waals surface area (Å²) < 4.78 is 0. The predicted molar refractivity (Wildman–Crippen MR) is 89.1 cm³/mol. The Morgan fingerprint density at radius 2 is 2.14 bits per heavy atom. The summed E-state index contributed by atoms with van der Waals surface area (Å²) in [5.41, 5.74) is 1.88. The van der Waals surface area contributed by atoms with Crippen molar-refractivity contribution in [2.75, 3.05) is 11.9 Å². The molecule has 1 aromatic rings. The van der Waals surface area contributed by atoms with Gasteiger partial charge in [-0.2, -0.15) is 0 Å². The fourth-order valence-electron chi connectivity index (χ4n) is 1.93. The van der Waals surface area contributed by atoms with Crippen LogP contribution < -0.4 is 10.6 Å². The Hall–Kier alpha value is -1.97. The van der Waals surface area contributed by atoms with Crippen LogP contribution in [-0.2, 0) is 5.41 Å². The maximum absolute atomic E-state index is 10.1. The van der Waals surface area contributed by atoms with Crippen molar-refractivity contribution < 1.29 is 5.11 Å². The number of phenolic OH excluding ortho intramolecular Hbond substituents is 1. The van der Waals surface area contributed by atoms with Crippen molar-refractivity contribution in [1.29, 1.82) is 0 Å². The average molecular weight is 287 g/mol. The highest BCUT2D eigenvalue weighted by Crippen LogP contribution is 2.30. The van der Waals surface area contributed by atoms with E-state index >= 15 is 0 Å². The molecule has 0 atom stereocenters. The van der Waals surface area contributed by atoms with Crippen molar-refractivity contribution in [3.05, 3.63) is 36.4 Å². The molecule has 4 heteroatoms. The number of guanidine groups is 1. The number of benzene rings is 1. The van der Waals surface area contributed by atoms with E-state index < -0.39 is 0 Å². The van der Waals surface area contributed by atoms with E-state index in [1.54, 1.807) is 12.1 Å². The minimum atomic E-state index is 0.0342. The van der Waals surface area contributed by atoms with Crippen molar-refractivity contribution in [2.24, 2.45) is 4.99 Å². The zero-order valence-electron chi connectivity index (χ0n) is 13.1. The standard InChI is InChI=1S/C17H25N3O/c1-5-10-18-16(19-13-7-8-13)20-14-11-12(17(2,3)4)6-9-15(14)21/h5-6,9,11,13,21H,1,7-8,10H2,2-4H3,(H2,18,19,20). The van der Waals surface area contributed by atoms with Crippen LogP contribution in [-0.4, -0.2) is 23.7 Å². The van der Waals surface area contributed by atoms with Crippen molar-refractivity contribution in [3.8, 4) is 5.75 Å². The number of hydrogen-bond acceptors (Lipinski definition) is 2. The number of aliphatic imine (C=N–C) groups is 1. The largest absolute Gasteiger partial charge is 0.506 e. The summed E-state index contributed by atoms with van der Waals surface area (Å²) in [5.74, 6) is 0.922. The molecule has 3 N–H and O–H groups in total. The molecule has 0 spiro atoms. The van der Waals surface area contributed by atoms with Gasteiger partial charge in [0.05, 0.1) is 12.2 Å². The quantitative estimate of drug-likeness (QED) is 0.344. The smallest absolute Gasteiger partial charge is 0.196 e. The maximum atomic E-state index is 10.1. The van der Waals surface area contributed by atoms with Crippen LogP contribution in [0.3, 0.4) is 0 Å². The van der Waals surface area contributed by atoms with Crippen LogP contribution in [0.2, 0.25) is 0 Å². The predicted octanol–water partition coefficient (Wildman–Crippen LogP) is 3.40. The van der Waals surface area contributed by atoms with Gasteiger partial charge in [0.15, 0.2) is 5.96 Å². The van der Waals surface area contributed by atoms with Gasteiger partial charge in [-0.1, -0.05) is 32.9 Å². The Morgan fingerprint density at radius 3 is 2.71 bits per heavy atom. The molecule has 0 unspecified atom stereocenters. The third kappa shape index (κ3) is 4.52. The van der Waals surface area contributed by atoms with Gasteiger partial charge in [-0.3, -0.25) is 0 Å². The van der Waals surface area contributed by atoms with Crippen molar-refractivity contribution in [1.82, 2.24) is 5.32 Å². The van der Waals surface area contributed by atoms with Crippen LogP contribution in [0.5, 0.6) is 5.75 Å². The second-order valence-corrected chi connectivity index (χ2v) is 6.50. The number of anilines is 1. The number of phenols is 1. The Morgan fingerprint density at radius 1 is 1.43 bits per heavy atom.